The van der Waals surface area contributed by atoms with E-state index in [9.17, 15) is 0 Å². The maximum atomic E-state index is 8.41. The number of hydrogen-bond acceptors (Lipinski definition) is 2. The molecule has 0 aromatic heterocycles. The van der Waals surface area contributed by atoms with Gasteiger partial charge in [0.15, 0.2) is 6.61 Å². The molecule has 0 fully saturated rings. The molecular weight excluding hydrogens is 174 g/mol. The van der Waals surface area contributed by atoms with Gasteiger partial charge in [-0.05, 0) is 37.1 Å². The predicted octanol–water partition coefficient (Wildman–Crippen LogP) is 2.85. The van der Waals surface area contributed by atoms with Gasteiger partial charge in [0.05, 0.1) is 0 Å². The average molecular weight is 187 g/mol. The summed E-state index contributed by atoms with van der Waals surface area (Å²) >= 11 is 0. The van der Waals surface area contributed by atoms with Crippen LogP contribution in [0, 0.1) is 25.2 Å². The molecule has 0 bridgehead atoms. The molecule has 0 spiro atoms. The lowest BCUT2D eigenvalue weighted by atomic mass is 10.1. The van der Waals surface area contributed by atoms with Crippen LogP contribution in [0.1, 0.15) is 16.7 Å². The van der Waals surface area contributed by atoms with Crippen LogP contribution >= 0.6 is 0 Å². The van der Waals surface area contributed by atoms with Crippen LogP contribution in [0.4, 0.5) is 0 Å². The maximum absolute atomic E-state index is 8.41. The minimum absolute atomic E-state index is 0.0728. The van der Waals surface area contributed by atoms with Crippen LogP contribution in [0.5, 0.6) is 5.75 Å². The molecule has 0 saturated heterocycles. The van der Waals surface area contributed by atoms with Crippen molar-refractivity contribution in [3.8, 4) is 11.8 Å². The van der Waals surface area contributed by atoms with Crippen molar-refractivity contribution in [1.29, 1.82) is 5.26 Å². The Hall–Kier alpha value is -1.75. The Balaban J connectivity index is 3.08. The van der Waals surface area contributed by atoms with Crippen molar-refractivity contribution in [2.24, 2.45) is 0 Å². The molecule has 72 valence electrons. The maximum Gasteiger partial charge on any atom is 0.174 e. The van der Waals surface area contributed by atoms with Gasteiger partial charge in [-0.3, -0.25) is 0 Å². The highest BCUT2D eigenvalue weighted by Gasteiger charge is 2.03. The molecule has 1 aromatic carbocycles. The largest absolute Gasteiger partial charge is 0.478 e. The summed E-state index contributed by atoms with van der Waals surface area (Å²) in [6.07, 6.45) is 1.74. The first-order valence-electron chi connectivity index (χ1n) is 4.42. The molecule has 0 atom stereocenters. The summed E-state index contributed by atoms with van der Waals surface area (Å²) in [6, 6.07) is 5.89. The van der Waals surface area contributed by atoms with Gasteiger partial charge < -0.3 is 4.74 Å². The van der Waals surface area contributed by atoms with Gasteiger partial charge in [-0.25, -0.2) is 0 Å². The van der Waals surface area contributed by atoms with Gasteiger partial charge in [-0.2, -0.15) is 5.26 Å². The fourth-order valence-corrected chi connectivity index (χ4v) is 1.21. The zero-order chi connectivity index (χ0) is 10.6. The third kappa shape index (κ3) is 2.14. The van der Waals surface area contributed by atoms with Crippen molar-refractivity contribution in [1.82, 2.24) is 0 Å². The normalized spacial score (nSPS) is 9.21. The number of rotatable bonds is 3. The van der Waals surface area contributed by atoms with Crippen molar-refractivity contribution in [2.75, 3.05) is 6.61 Å². The topological polar surface area (TPSA) is 33.0 Å². The Bertz CT molecular complexity index is 388. The summed E-state index contributed by atoms with van der Waals surface area (Å²) in [5.41, 5.74) is 3.29. The third-order valence-electron chi connectivity index (χ3n) is 2.14. The number of hydrogen-bond donors (Lipinski definition) is 0. The van der Waals surface area contributed by atoms with E-state index in [2.05, 4.69) is 6.58 Å². The van der Waals surface area contributed by atoms with Crippen molar-refractivity contribution in [2.45, 2.75) is 13.8 Å². The fourth-order valence-electron chi connectivity index (χ4n) is 1.21. The van der Waals surface area contributed by atoms with Crippen molar-refractivity contribution < 1.29 is 4.74 Å². The zero-order valence-electron chi connectivity index (χ0n) is 8.50. The highest BCUT2D eigenvalue weighted by Crippen LogP contribution is 2.24. The van der Waals surface area contributed by atoms with E-state index in [4.69, 9.17) is 10.00 Å². The van der Waals surface area contributed by atoms with Gasteiger partial charge in [-0.1, -0.05) is 12.7 Å². The molecule has 0 N–H and O–H groups in total. The van der Waals surface area contributed by atoms with Gasteiger partial charge in [0.25, 0.3) is 0 Å². The van der Waals surface area contributed by atoms with Crippen molar-refractivity contribution in [3.63, 3.8) is 0 Å². The van der Waals surface area contributed by atoms with Gasteiger partial charge in [-0.15, -0.1) is 0 Å². The lowest BCUT2D eigenvalue weighted by Crippen LogP contribution is -1.97. The van der Waals surface area contributed by atoms with Gasteiger partial charge >= 0.3 is 0 Å². The summed E-state index contributed by atoms with van der Waals surface area (Å²) in [5.74, 6) is 0.727. The van der Waals surface area contributed by atoms with E-state index >= 15 is 0 Å². The van der Waals surface area contributed by atoms with Gasteiger partial charge in [0.1, 0.15) is 11.8 Å². The Kier molecular flexibility index (Phi) is 3.30. The Morgan fingerprint density at radius 3 is 2.64 bits per heavy atom. The Labute approximate surface area is 84.4 Å². The van der Waals surface area contributed by atoms with E-state index in [0.29, 0.717) is 0 Å². The SMILES string of the molecule is C=Cc1cc(C)c(C)cc1OCC#N. The summed E-state index contributed by atoms with van der Waals surface area (Å²) in [7, 11) is 0. The molecule has 2 heteroatoms. The van der Waals surface area contributed by atoms with E-state index in [-0.39, 0.29) is 6.61 Å². The van der Waals surface area contributed by atoms with Crippen LogP contribution in [0.2, 0.25) is 0 Å². The number of benzene rings is 1. The summed E-state index contributed by atoms with van der Waals surface area (Å²) in [5, 5.41) is 8.41. The van der Waals surface area contributed by atoms with Crippen LogP contribution in [0.25, 0.3) is 6.08 Å². The average Bonchev–Trinajstić information content (AvgIpc) is 2.19. The molecule has 0 saturated carbocycles. The third-order valence-corrected chi connectivity index (χ3v) is 2.14. The summed E-state index contributed by atoms with van der Waals surface area (Å²) < 4.78 is 5.28. The Morgan fingerprint density at radius 2 is 2.07 bits per heavy atom. The van der Waals surface area contributed by atoms with Crippen LogP contribution in [-0.4, -0.2) is 6.61 Å². The summed E-state index contributed by atoms with van der Waals surface area (Å²) in [6.45, 7) is 7.83. The predicted molar refractivity (Wildman–Crippen MR) is 57.1 cm³/mol. The van der Waals surface area contributed by atoms with E-state index in [1.54, 1.807) is 6.08 Å². The number of ether oxygens (including phenoxy) is 1. The molecule has 1 rings (SSSR count). The minimum atomic E-state index is 0.0728. The number of nitrogens with zero attached hydrogens (tertiary/aromatic N) is 1. The second-order valence-electron chi connectivity index (χ2n) is 3.13. The molecule has 0 aliphatic rings. The number of nitriles is 1. The first-order valence-corrected chi connectivity index (χ1v) is 4.42. The standard InChI is InChI=1S/C12H13NO/c1-4-11-7-9(2)10(3)8-12(11)14-6-5-13/h4,7-8H,1,6H2,2-3H3. The molecule has 0 aliphatic carbocycles. The van der Waals surface area contributed by atoms with Crippen LogP contribution in [0.3, 0.4) is 0 Å². The highest BCUT2D eigenvalue weighted by atomic mass is 16.5. The second kappa shape index (κ2) is 4.48. The number of aryl methyl sites for hydroxylation is 2. The van der Waals surface area contributed by atoms with E-state index in [1.165, 1.54) is 5.56 Å². The fraction of sp³-hybridized carbons (Fsp3) is 0.250. The highest BCUT2D eigenvalue weighted by molar-refractivity contribution is 5.58. The monoisotopic (exact) mass is 187 g/mol. The van der Waals surface area contributed by atoms with Crippen molar-refractivity contribution >= 4 is 6.08 Å². The van der Waals surface area contributed by atoms with Crippen molar-refractivity contribution in [3.05, 3.63) is 35.4 Å². The molecule has 0 unspecified atom stereocenters. The Morgan fingerprint density at radius 1 is 1.43 bits per heavy atom. The molecule has 0 radical (unpaired) electrons. The lowest BCUT2D eigenvalue weighted by Gasteiger charge is -2.09. The smallest absolute Gasteiger partial charge is 0.174 e. The first-order chi connectivity index (χ1) is 6.69. The van der Waals surface area contributed by atoms with Gasteiger partial charge in [0, 0.05) is 5.56 Å². The summed E-state index contributed by atoms with van der Waals surface area (Å²) in [4.78, 5) is 0. The van der Waals surface area contributed by atoms with E-state index in [0.717, 1.165) is 16.9 Å². The molecule has 0 aliphatic heterocycles. The lowest BCUT2D eigenvalue weighted by molar-refractivity contribution is 0.367. The molecule has 14 heavy (non-hydrogen) atoms. The van der Waals surface area contributed by atoms with E-state index < -0.39 is 0 Å². The molecule has 0 amide bonds. The van der Waals surface area contributed by atoms with Crippen LogP contribution in [-0.2, 0) is 0 Å². The van der Waals surface area contributed by atoms with E-state index in [1.807, 2.05) is 32.0 Å². The first kappa shape index (κ1) is 10.3. The molecule has 1 aromatic rings. The zero-order valence-corrected chi connectivity index (χ0v) is 8.50. The van der Waals surface area contributed by atoms with Gasteiger partial charge in [0.2, 0.25) is 0 Å². The van der Waals surface area contributed by atoms with Crippen LogP contribution < -0.4 is 4.74 Å². The quantitative estimate of drug-likeness (QED) is 0.729. The minimum Gasteiger partial charge on any atom is -0.478 e. The van der Waals surface area contributed by atoms with Crippen LogP contribution in [0.15, 0.2) is 18.7 Å². The second-order valence-corrected chi connectivity index (χ2v) is 3.13. The molecule has 0 heterocycles. The molecular formula is C12H13NO. The molecule has 2 nitrogen and oxygen atoms in total.